The standard InChI is InChI=1S/C19H18FN5O3S/c20-17-7-13(25-9-14(11-26)28-19(25)27)1-4-18(17)23-5-6-24(22-12-23)10-16-3-2-15(8-21)29-16/h1-4,7,12,14,26H,5-6,9-11H2/t14-/m1/s1. The average Bonchev–Trinajstić information content (AvgIpc) is 3.34. The van der Waals surface area contributed by atoms with E-state index in [0.717, 1.165) is 4.88 Å². The maximum absolute atomic E-state index is 14.7. The van der Waals surface area contributed by atoms with Gasteiger partial charge in [-0.3, -0.25) is 9.91 Å². The van der Waals surface area contributed by atoms with Crippen molar-refractivity contribution in [2.75, 3.05) is 36.0 Å². The van der Waals surface area contributed by atoms with E-state index in [1.807, 2.05) is 11.1 Å². The molecule has 0 saturated carbocycles. The van der Waals surface area contributed by atoms with Gasteiger partial charge in [-0.25, -0.2) is 9.18 Å². The summed E-state index contributed by atoms with van der Waals surface area (Å²) in [7, 11) is 0. The molecule has 2 aliphatic heterocycles. The molecule has 0 unspecified atom stereocenters. The Bertz CT molecular complexity index is 988. The summed E-state index contributed by atoms with van der Waals surface area (Å²) in [6.07, 6.45) is 0.379. The van der Waals surface area contributed by atoms with Gasteiger partial charge in [0.1, 0.15) is 29.2 Å². The topological polar surface area (TPSA) is 92.4 Å². The minimum Gasteiger partial charge on any atom is -0.441 e. The van der Waals surface area contributed by atoms with Crippen LogP contribution in [0, 0.1) is 17.1 Å². The van der Waals surface area contributed by atoms with Crippen LogP contribution in [0.5, 0.6) is 0 Å². The fourth-order valence-electron chi connectivity index (χ4n) is 3.20. The van der Waals surface area contributed by atoms with Gasteiger partial charge in [-0.2, -0.15) is 10.4 Å². The van der Waals surface area contributed by atoms with Crippen LogP contribution < -0.4 is 9.80 Å². The molecule has 0 bridgehead atoms. The molecule has 1 saturated heterocycles. The Balaban J connectivity index is 1.43. The lowest BCUT2D eigenvalue weighted by Gasteiger charge is -2.30. The number of aliphatic hydroxyl groups is 1. The van der Waals surface area contributed by atoms with Crippen LogP contribution in [0.15, 0.2) is 35.4 Å². The molecule has 29 heavy (non-hydrogen) atoms. The van der Waals surface area contributed by atoms with Gasteiger partial charge in [0.15, 0.2) is 0 Å². The third kappa shape index (κ3) is 4.01. The molecule has 150 valence electrons. The summed E-state index contributed by atoms with van der Waals surface area (Å²) in [5.74, 6) is -0.473. The number of carbonyl (C=O) groups excluding carboxylic acids is 1. The van der Waals surface area contributed by atoms with Gasteiger partial charge >= 0.3 is 6.09 Å². The summed E-state index contributed by atoms with van der Waals surface area (Å²) >= 11 is 1.43. The van der Waals surface area contributed by atoms with E-state index in [1.54, 1.807) is 29.4 Å². The van der Waals surface area contributed by atoms with Crippen LogP contribution in [0.1, 0.15) is 9.75 Å². The number of cyclic esters (lactones) is 1. The highest BCUT2D eigenvalue weighted by Gasteiger charge is 2.32. The first-order chi connectivity index (χ1) is 14.1. The summed E-state index contributed by atoms with van der Waals surface area (Å²) in [5.41, 5.74) is 0.750. The molecule has 2 aliphatic rings. The number of hydrogen-bond donors (Lipinski definition) is 1. The van der Waals surface area contributed by atoms with E-state index in [0.29, 0.717) is 35.9 Å². The number of nitrogens with zero attached hydrogens (tertiary/aromatic N) is 5. The number of hydrazone groups is 1. The van der Waals surface area contributed by atoms with Crippen LogP contribution in [-0.2, 0) is 11.3 Å². The average molecular weight is 415 g/mol. The van der Waals surface area contributed by atoms with Crippen LogP contribution in [0.2, 0.25) is 0 Å². The Morgan fingerprint density at radius 1 is 1.34 bits per heavy atom. The summed E-state index contributed by atoms with van der Waals surface area (Å²) in [6, 6.07) is 10.4. The number of carbonyl (C=O) groups is 1. The molecule has 1 atom stereocenters. The first-order valence-corrected chi connectivity index (χ1v) is 9.82. The van der Waals surface area contributed by atoms with E-state index in [1.165, 1.54) is 22.3 Å². The number of ether oxygens (including phenoxy) is 1. The largest absolute Gasteiger partial charge is 0.441 e. The van der Waals surface area contributed by atoms with E-state index in [9.17, 15) is 9.18 Å². The van der Waals surface area contributed by atoms with Crippen molar-refractivity contribution in [2.45, 2.75) is 12.6 Å². The van der Waals surface area contributed by atoms with E-state index < -0.39 is 18.0 Å². The summed E-state index contributed by atoms with van der Waals surface area (Å²) in [6.45, 7) is 1.67. The second-order valence-electron chi connectivity index (χ2n) is 6.62. The second-order valence-corrected chi connectivity index (χ2v) is 7.79. The number of amides is 1. The summed E-state index contributed by atoms with van der Waals surface area (Å²) in [4.78, 5) is 16.6. The molecule has 1 amide bonds. The molecule has 2 aromatic rings. The fraction of sp³-hybridized carbons (Fsp3) is 0.316. The van der Waals surface area contributed by atoms with Crippen LogP contribution in [0.25, 0.3) is 0 Å². The molecular formula is C19H18FN5O3S. The lowest BCUT2D eigenvalue weighted by molar-refractivity contribution is 0.0963. The molecule has 3 heterocycles. The lowest BCUT2D eigenvalue weighted by Crippen LogP contribution is -2.37. The van der Waals surface area contributed by atoms with Gasteiger partial charge in [-0.15, -0.1) is 11.3 Å². The Labute approximate surface area is 170 Å². The van der Waals surface area contributed by atoms with Crippen molar-refractivity contribution in [2.24, 2.45) is 5.10 Å². The van der Waals surface area contributed by atoms with Gasteiger partial charge < -0.3 is 14.7 Å². The third-order valence-electron chi connectivity index (χ3n) is 4.69. The SMILES string of the molecule is N#Cc1ccc(CN2CCN(c3ccc(N4C[C@H](CO)OC4=O)cc3F)C=N2)s1. The van der Waals surface area contributed by atoms with Crippen LogP contribution in [0.3, 0.4) is 0 Å². The van der Waals surface area contributed by atoms with E-state index in [-0.39, 0.29) is 13.2 Å². The quantitative estimate of drug-likeness (QED) is 0.806. The number of hydrogen-bond acceptors (Lipinski definition) is 8. The predicted molar refractivity (Wildman–Crippen MR) is 106 cm³/mol. The molecule has 8 nitrogen and oxygen atoms in total. The number of anilines is 2. The monoisotopic (exact) mass is 415 g/mol. The first-order valence-electron chi connectivity index (χ1n) is 9.00. The van der Waals surface area contributed by atoms with Crippen LogP contribution in [-0.4, -0.2) is 54.9 Å². The second kappa shape index (κ2) is 8.06. The highest BCUT2D eigenvalue weighted by Crippen LogP contribution is 2.28. The molecule has 1 N–H and O–H groups in total. The molecule has 1 aromatic heterocycles. The molecule has 0 radical (unpaired) electrons. The Morgan fingerprint density at radius 2 is 2.21 bits per heavy atom. The molecule has 1 fully saturated rings. The zero-order valence-corrected chi connectivity index (χ0v) is 16.2. The zero-order chi connectivity index (χ0) is 20.4. The molecular weight excluding hydrogens is 397 g/mol. The number of aliphatic hydroxyl groups excluding tert-OH is 1. The number of thiophene rings is 1. The minimum absolute atomic E-state index is 0.185. The fourth-order valence-corrected chi connectivity index (χ4v) is 4.02. The van der Waals surface area contributed by atoms with Gasteiger partial charge in [-0.1, -0.05) is 0 Å². The van der Waals surface area contributed by atoms with Crippen molar-refractivity contribution in [1.29, 1.82) is 5.26 Å². The molecule has 4 rings (SSSR count). The maximum Gasteiger partial charge on any atom is 0.414 e. The van der Waals surface area contributed by atoms with Crippen molar-refractivity contribution in [3.05, 3.63) is 45.9 Å². The third-order valence-corrected chi connectivity index (χ3v) is 5.67. The maximum atomic E-state index is 14.7. The van der Waals surface area contributed by atoms with Gasteiger partial charge in [0.05, 0.1) is 37.6 Å². The highest BCUT2D eigenvalue weighted by molar-refractivity contribution is 7.12. The van der Waals surface area contributed by atoms with Crippen LogP contribution >= 0.6 is 11.3 Å². The number of halogens is 1. The van der Waals surface area contributed by atoms with Crippen molar-refractivity contribution < 1.29 is 19.0 Å². The summed E-state index contributed by atoms with van der Waals surface area (Å²) < 4.78 is 19.7. The van der Waals surface area contributed by atoms with Crippen LogP contribution in [0.4, 0.5) is 20.6 Å². The first kappa shape index (κ1) is 19.2. The van der Waals surface area contributed by atoms with Gasteiger partial charge in [0, 0.05) is 11.4 Å². The van der Waals surface area contributed by atoms with E-state index >= 15 is 0 Å². The van der Waals surface area contributed by atoms with Gasteiger partial charge in [-0.05, 0) is 30.3 Å². The van der Waals surface area contributed by atoms with Crippen molar-refractivity contribution in [3.63, 3.8) is 0 Å². The predicted octanol–water partition coefficient (Wildman–Crippen LogP) is 2.34. The van der Waals surface area contributed by atoms with Crippen molar-refractivity contribution in [1.82, 2.24) is 5.01 Å². The van der Waals surface area contributed by atoms with Crippen molar-refractivity contribution in [3.8, 4) is 6.07 Å². The normalized spacial score (nSPS) is 18.9. The lowest BCUT2D eigenvalue weighted by atomic mass is 10.2. The minimum atomic E-state index is -0.599. The number of nitriles is 1. The van der Waals surface area contributed by atoms with E-state index in [2.05, 4.69) is 11.2 Å². The molecule has 0 spiro atoms. The highest BCUT2D eigenvalue weighted by atomic mass is 32.1. The number of benzene rings is 1. The molecule has 1 aromatic carbocycles. The Kier molecular flexibility index (Phi) is 5.33. The molecule has 10 heteroatoms. The molecule has 0 aliphatic carbocycles. The van der Waals surface area contributed by atoms with Gasteiger partial charge in [0.2, 0.25) is 0 Å². The van der Waals surface area contributed by atoms with Crippen molar-refractivity contribution >= 4 is 35.1 Å². The Hall–Kier alpha value is -3.16. The van der Waals surface area contributed by atoms with E-state index in [4.69, 9.17) is 15.1 Å². The Morgan fingerprint density at radius 3 is 2.83 bits per heavy atom. The zero-order valence-electron chi connectivity index (χ0n) is 15.4. The number of rotatable bonds is 5. The summed E-state index contributed by atoms with van der Waals surface area (Å²) in [5, 5.41) is 24.3. The smallest absolute Gasteiger partial charge is 0.414 e. The van der Waals surface area contributed by atoms with Gasteiger partial charge in [0.25, 0.3) is 0 Å².